The van der Waals surface area contributed by atoms with Gasteiger partial charge in [-0.1, -0.05) is 24.6 Å². The van der Waals surface area contributed by atoms with E-state index in [1.807, 2.05) is 0 Å². The van der Waals surface area contributed by atoms with E-state index < -0.39 is 0 Å². The maximum absolute atomic E-state index is 5.81. The summed E-state index contributed by atoms with van der Waals surface area (Å²) in [6, 6.07) is 8.90. The molecule has 2 heteroatoms. The molecule has 0 spiro atoms. The molecular weight excluding hydrogens is 208 g/mol. The monoisotopic (exact) mass is 228 g/mol. The summed E-state index contributed by atoms with van der Waals surface area (Å²) in [6.07, 6.45) is 7.23. The SMILES string of the molecule is Cn1ccc2cccc(C3(CCN)CCC3)c21. The number of para-hydroxylation sites is 1. The van der Waals surface area contributed by atoms with E-state index in [4.69, 9.17) is 5.73 Å². The van der Waals surface area contributed by atoms with Crippen molar-refractivity contribution in [3.63, 3.8) is 0 Å². The molecule has 1 fully saturated rings. The lowest BCUT2D eigenvalue weighted by atomic mass is 9.62. The minimum atomic E-state index is 0.361. The number of aromatic nitrogens is 1. The third-order valence-electron chi connectivity index (χ3n) is 4.40. The Bertz CT molecular complexity index is 535. The van der Waals surface area contributed by atoms with E-state index in [0.29, 0.717) is 5.41 Å². The van der Waals surface area contributed by atoms with Gasteiger partial charge in [0.25, 0.3) is 0 Å². The van der Waals surface area contributed by atoms with Gasteiger partial charge in [0, 0.05) is 13.2 Å². The molecule has 0 bridgehead atoms. The summed E-state index contributed by atoms with van der Waals surface area (Å²) in [7, 11) is 2.14. The minimum Gasteiger partial charge on any atom is -0.350 e. The molecule has 0 radical (unpaired) electrons. The van der Waals surface area contributed by atoms with E-state index in [2.05, 4.69) is 42.1 Å². The van der Waals surface area contributed by atoms with Crippen LogP contribution in [0, 0.1) is 0 Å². The molecule has 1 aliphatic rings. The molecular formula is C15H20N2. The molecule has 2 N–H and O–H groups in total. The lowest BCUT2D eigenvalue weighted by Gasteiger charge is -2.43. The van der Waals surface area contributed by atoms with E-state index in [1.165, 1.54) is 35.7 Å². The zero-order valence-electron chi connectivity index (χ0n) is 10.4. The first-order valence-electron chi connectivity index (χ1n) is 6.51. The fourth-order valence-electron chi connectivity index (χ4n) is 3.32. The molecule has 0 aliphatic heterocycles. The van der Waals surface area contributed by atoms with Crippen LogP contribution in [0.5, 0.6) is 0 Å². The van der Waals surface area contributed by atoms with Crippen molar-refractivity contribution in [2.75, 3.05) is 6.54 Å². The maximum Gasteiger partial charge on any atom is 0.0515 e. The highest BCUT2D eigenvalue weighted by atomic mass is 14.9. The van der Waals surface area contributed by atoms with Gasteiger partial charge < -0.3 is 10.3 Å². The fourth-order valence-corrected chi connectivity index (χ4v) is 3.32. The van der Waals surface area contributed by atoms with Crippen LogP contribution in [0.3, 0.4) is 0 Å². The Morgan fingerprint density at radius 3 is 2.76 bits per heavy atom. The third-order valence-corrected chi connectivity index (χ3v) is 4.40. The maximum atomic E-state index is 5.81. The predicted molar refractivity (Wildman–Crippen MR) is 72.1 cm³/mol. The van der Waals surface area contributed by atoms with Crippen LogP contribution in [-0.4, -0.2) is 11.1 Å². The predicted octanol–water partition coefficient (Wildman–Crippen LogP) is 2.95. The van der Waals surface area contributed by atoms with Gasteiger partial charge in [0.15, 0.2) is 0 Å². The zero-order chi connectivity index (χ0) is 11.9. The Labute approximate surface area is 102 Å². The van der Waals surface area contributed by atoms with Crippen molar-refractivity contribution in [1.82, 2.24) is 4.57 Å². The van der Waals surface area contributed by atoms with Crippen molar-refractivity contribution in [3.05, 3.63) is 36.0 Å². The van der Waals surface area contributed by atoms with Gasteiger partial charge in [-0.05, 0) is 48.2 Å². The van der Waals surface area contributed by atoms with Gasteiger partial charge in [-0.25, -0.2) is 0 Å². The Morgan fingerprint density at radius 2 is 2.12 bits per heavy atom. The quantitative estimate of drug-likeness (QED) is 0.860. The minimum absolute atomic E-state index is 0.361. The van der Waals surface area contributed by atoms with Gasteiger partial charge in [-0.3, -0.25) is 0 Å². The molecule has 3 rings (SSSR count). The average molecular weight is 228 g/mol. The molecule has 0 amide bonds. The van der Waals surface area contributed by atoms with Crippen molar-refractivity contribution < 1.29 is 0 Å². The zero-order valence-corrected chi connectivity index (χ0v) is 10.4. The van der Waals surface area contributed by atoms with Crippen molar-refractivity contribution in [3.8, 4) is 0 Å². The van der Waals surface area contributed by atoms with E-state index >= 15 is 0 Å². The highest BCUT2D eigenvalue weighted by Crippen LogP contribution is 2.48. The van der Waals surface area contributed by atoms with Crippen molar-refractivity contribution >= 4 is 10.9 Å². The summed E-state index contributed by atoms with van der Waals surface area (Å²) in [4.78, 5) is 0. The lowest BCUT2D eigenvalue weighted by molar-refractivity contribution is 0.231. The van der Waals surface area contributed by atoms with Crippen molar-refractivity contribution in [2.45, 2.75) is 31.1 Å². The Kier molecular flexibility index (Phi) is 2.48. The second kappa shape index (κ2) is 3.88. The Morgan fingerprint density at radius 1 is 1.29 bits per heavy atom. The third kappa shape index (κ3) is 1.51. The first kappa shape index (κ1) is 10.8. The van der Waals surface area contributed by atoms with Gasteiger partial charge in [-0.2, -0.15) is 0 Å². The molecule has 90 valence electrons. The van der Waals surface area contributed by atoms with Crippen LogP contribution in [0.1, 0.15) is 31.2 Å². The van der Waals surface area contributed by atoms with Crippen LogP contribution in [0.2, 0.25) is 0 Å². The Hall–Kier alpha value is -1.28. The van der Waals surface area contributed by atoms with E-state index in [0.717, 1.165) is 13.0 Å². The number of benzene rings is 1. The Balaban J connectivity index is 2.19. The summed E-state index contributed by atoms with van der Waals surface area (Å²) in [5.41, 5.74) is 9.09. The van der Waals surface area contributed by atoms with Crippen LogP contribution >= 0.6 is 0 Å². The van der Waals surface area contributed by atoms with Gasteiger partial charge >= 0.3 is 0 Å². The number of fused-ring (bicyclic) bond motifs is 1. The van der Waals surface area contributed by atoms with Crippen LogP contribution in [0.4, 0.5) is 0 Å². The molecule has 17 heavy (non-hydrogen) atoms. The first-order valence-corrected chi connectivity index (χ1v) is 6.51. The fraction of sp³-hybridized carbons (Fsp3) is 0.467. The molecule has 1 aromatic heterocycles. The topological polar surface area (TPSA) is 30.9 Å². The van der Waals surface area contributed by atoms with E-state index in [1.54, 1.807) is 0 Å². The van der Waals surface area contributed by atoms with E-state index in [9.17, 15) is 0 Å². The second-order valence-corrected chi connectivity index (χ2v) is 5.34. The van der Waals surface area contributed by atoms with Crippen molar-refractivity contribution in [1.29, 1.82) is 0 Å². The van der Waals surface area contributed by atoms with Crippen LogP contribution in [0.25, 0.3) is 10.9 Å². The normalized spacial score (nSPS) is 18.2. The van der Waals surface area contributed by atoms with Crippen LogP contribution < -0.4 is 5.73 Å². The number of aryl methyl sites for hydroxylation is 1. The molecule has 1 heterocycles. The van der Waals surface area contributed by atoms with Crippen LogP contribution in [0.15, 0.2) is 30.5 Å². The van der Waals surface area contributed by atoms with Gasteiger partial charge in [-0.15, -0.1) is 0 Å². The summed E-state index contributed by atoms with van der Waals surface area (Å²) in [5.74, 6) is 0. The summed E-state index contributed by atoms with van der Waals surface area (Å²) < 4.78 is 2.25. The molecule has 0 saturated heterocycles. The van der Waals surface area contributed by atoms with E-state index in [-0.39, 0.29) is 0 Å². The summed E-state index contributed by atoms with van der Waals surface area (Å²) >= 11 is 0. The largest absolute Gasteiger partial charge is 0.350 e. The highest BCUT2D eigenvalue weighted by molar-refractivity contribution is 5.84. The lowest BCUT2D eigenvalue weighted by Crippen LogP contribution is -2.36. The number of nitrogens with zero attached hydrogens (tertiary/aromatic N) is 1. The van der Waals surface area contributed by atoms with Crippen molar-refractivity contribution in [2.24, 2.45) is 12.8 Å². The first-order chi connectivity index (χ1) is 8.27. The second-order valence-electron chi connectivity index (χ2n) is 5.34. The average Bonchev–Trinajstić information content (AvgIpc) is 2.66. The molecule has 2 aromatic rings. The number of hydrogen-bond acceptors (Lipinski definition) is 1. The molecule has 1 saturated carbocycles. The smallest absolute Gasteiger partial charge is 0.0515 e. The number of nitrogens with two attached hydrogens (primary N) is 1. The molecule has 0 atom stereocenters. The van der Waals surface area contributed by atoms with Gasteiger partial charge in [0.2, 0.25) is 0 Å². The summed E-state index contributed by atoms with van der Waals surface area (Å²) in [6.45, 7) is 0.792. The number of hydrogen-bond donors (Lipinski definition) is 1. The van der Waals surface area contributed by atoms with Gasteiger partial charge in [0.1, 0.15) is 0 Å². The standard InChI is InChI=1S/C15H20N2/c1-17-11-6-12-4-2-5-13(14(12)17)15(9-10-16)7-3-8-15/h2,4-6,11H,3,7-10,16H2,1H3. The van der Waals surface area contributed by atoms with Gasteiger partial charge in [0.05, 0.1) is 5.52 Å². The molecule has 2 nitrogen and oxygen atoms in total. The molecule has 1 aromatic carbocycles. The molecule has 0 unspecified atom stereocenters. The van der Waals surface area contributed by atoms with Crippen LogP contribution in [-0.2, 0) is 12.5 Å². The highest BCUT2D eigenvalue weighted by Gasteiger charge is 2.39. The number of rotatable bonds is 3. The summed E-state index contributed by atoms with van der Waals surface area (Å²) in [5, 5.41) is 1.35. The molecule has 1 aliphatic carbocycles.